The molecule has 0 aliphatic heterocycles. The van der Waals surface area contributed by atoms with Crippen LogP contribution in [-0.4, -0.2) is 37.7 Å². The molecule has 0 aliphatic rings. The van der Waals surface area contributed by atoms with E-state index in [1.165, 1.54) is 6.07 Å². The molecule has 5 heteroatoms. The first-order valence-electron chi connectivity index (χ1n) is 6.01. The topological polar surface area (TPSA) is 38.5 Å². The van der Waals surface area contributed by atoms with E-state index in [2.05, 4.69) is 11.8 Å². The van der Waals surface area contributed by atoms with Crippen molar-refractivity contribution >= 4 is 12.4 Å². The first-order valence-corrected chi connectivity index (χ1v) is 6.01. The number of likely N-dealkylation sites (N-methyl/N-ethyl adjacent to an activating group) is 1. The molecule has 0 fully saturated rings. The Kier molecular flexibility index (Phi) is 9.87. The zero-order valence-electron chi connectivity index (χ0n) is 10.8. The third kappa shape index (κ3) is 6.91. The third-order valence-corrected chi connectivity index (χ3v) is 2.56. The minimum absolute atomic E-state index is 0. The van der Waals surface area contributed by atoms with Crippen LogP contribution in [0.5, 0.6) is 0 Å². The predicted octanol–water partition coefficient (Wildman–Crippen LogP) is 2.04. The van der Waals surface area contributed by atoms with Crippen molar-refractivity contribution in [3.8, 4) is 0 Å². The molecule has 0 aliphatic carbocycles. The smallest absolute Gasteiger partial charge is 0.123 e. The van der Waals surface area contributed by atoms with E-state index >= 15 is 0 Å². The Morgan fingerprint density at radius 1 is 1.33 bits per heavy atom. The quantitative estimate of drug-likeness (QED) is 0.739. The largest absolute Gasteiger partial charge is 0.379 e. The van der Waals surface area contributed by atoms with Crippen LogP contribution < -0.4 is 5.73 Å². The summed E-state index contributed by atoms with van der Waals surface area (Å²) in [6.45, 7) is 6.41. The lowest BCUT2D eigenvalue weighted by Crippen LogP contribution is -2.27. The normalized spacial score (nSPS) is 10.4. The highest BCUT2D eigenvalue weighted by atomic mass is 35.5. The molecule has 0 atom stereocenters. The second-order valence-electron chi connectivity index (χ2n) is 3.90. The maximum absolute atomic E-state index is 13.0. The van der Waals surface area contributed by atoms with Crippen molar-refractivity contribution in [1.29, 1.82) is 0 Å². The van der Waals surface area contributed by atoms with Gasteiger partial charge in [0.25, 0.3) is 0 Å². The number of nitrogens with zero attached hydrogens (tertiary/aromatic N) is 1. The zero-order chi connectivity index (χ0) is 12.5. The van der Waals surface area contributed by atoms with Crippen LogP contribution in [0.2, 0.25) is 0 Å². The molecule has 18 heavy (non-hydrogen) atoms. The van der Waals surface area contributed by atoms with Gasteiger partial charge < -0.3 is 10.5 Å². The molecule has 1 aromatic carbocycles. The van der Waals surface area contributed by atoms with Gasteiger partial charge in [0.15, 0.2) is 0 Å². The minimum atomic E-state index is -0.182. The molecule has 0 amide bonds. The number of rotatable bonds is 8. The van der Waals surface area contributed by atoms with Crippen LogP contribution in [0.3, 0.4) is 0 Å². The molecule has 1 rings (SSSR count). The van der Waals surface area contributed by atoms with Gasteiger partial charge in [0.05, 0.1) is 13.2 Å². The van der Waals surface area contributed by atoms with E-state index in [9.17, 15) is 4.39 Å². The van der Waals surface area contributed by atoms with Crippen LogP contribution in [0, 0.1) is 5.82 Å². The Labute approximate surface area is 115 Å². The molecule has 3 nitrogen and oxygen atoms in total. The summed E-state index contributed by atoms with van der Waals surface area (Å²) in [7, 11) is 0. The average Bonchev–Trinajstić information content (AvgIpc) is 2.33. The van der Waals surface area contributed by atoms with Crippen molar-refractivity contribution in [3.05, 3.63) is 35.6 Å². The average molecular weight is 277 g/mol. The van der Waals surface area contributed by atoms with Crippen molar-refractivity contribution in [2.75, 3.05) is 32.8 Å². The van der Waals surface area contributed by atoms with Crippen molar-refractivity contribution in [2.45, 2.75) is 13.5 Å². The van der Waals surface area contributed by atoms with E-state index < -0.39 is 0 Å². The van der Waals surface area contributed by atoms with E-state index in [1.54, 1.807) is 12.1 Å². The van der Waals surface area contributed by atoms with Gasteiger partial charge in [0, 0.05) is 19.6 Å². The maximum atomic E-state index is 13.0. The van der Waals surface area contributed by atoms with E-state index in [-0.39, 0.29) is 18.2 Å². The molecule has 0 saturated carbocycles. The van der Waals surface area contributed by atoms with Gasteiger partial charge >= 0.3 is 0 Å². The molecule has 0 heterocycles. The summed E-state index contributed by atoms with van der Waals surface area (Å²) in [6.07, 6.45) is 0. The second-order valence-corrected chi connectivity index (χ2v) is 3.90. The summed E-state index contributed by atoms with van der Waals surface area (Å²) < 4.78 is 18.4. The van der Waals surface area contributed by atoms with Crippen LogP contribution in [0.15, 0.2) is 24.3 Å². The highest BCUT2D eigenvalue weighted by Crippen LogP contribution is 2.06. The number of nitrogens with two attached hydrogens (primary N) is 1. The van der Waals surface area contributed by atoms with Crippen molar-refractivity contribution in [1.82, 2.24) is 4.90 Å². The number of benzene rings is 1. The summed E-state index contributed by atoms with van der Waals surface area (Å²) in [4.78, 5) is 2.21. The molecule has 0 aromatic heterocycles. The third-order valence-electron chi connectivity index (χ3n) is 2.56. The molecule has 0 saturated heterocycles. The molecular weight excluding hydrogens is 255 g/mol. The fourth-order valence-electron chi connectivity index (χ4n) is 1.62. The molecule has 0 bridgehead atoms. The lowest BCUT2D eigenvalue weighted by atomic mass is 10.2. The molecule has 1 aromatic rings. The van der Waals surface area contributed by atoms with Crippen LogP contribution in [0.1, 0.15) is 12.5 Å². The van der Waals surface area contributed by atoms with E-state index in [4.69, 9.17) is 10.5 Å². The van der Waals surface area contributed by atoms with Gasteiger partial charge in [-0.2, -0.15) is 0 Å². The highest BCUT2D eigenvalue weighted by molar-refractivity contribution is 5.85. The fraction of sp³-hybridized carbons (Fsp3) is 0.538. The maximum Gasteiger partial charge on any atom is 0.123 e. The highest BCUT2D eigenvalue weighted by Gasteiger charge is 2.04. The monoisotopic (exact) mass is 276 g/mol. The van der Waals surface area contributed by atoms with Crippen molar-refractivity contribution < 1.29 is 9.13 Å². The van der Waals surface area contributed by atoms with Crippen LogP contribution in [0.4, 0.5) is 4.39 Å². The summed E-state index contributed by atoms with van der Waals surface area (Å²) >= 11 is 0. The van der Waals surface area contributed by atoms with Crippen molar-refractivity contribution in [3.63, 3.8) is 0 Å². The Balaban J connectivity index is 0.00000289. The number of hydrogen-bond donors (Lipinski definition) is 1. The van der Waals surface area contributed by atoms with Gasteiger partial charge in [-0.3, -0.25) is 4.90 Å². The summed E-state index contributed by atoms with van der Waals surface area (Å²) in [5.74, 6) is -0.182. The summed E-state index contributed by atoms with van der Waals surface area (Å²) in [5, 5.41) is 0. The molecular formula is C13H22ClFN2O. The lowest BCUT2D eigenvalue weighted by Gasteiger charge is -2.20. The van der Waals surface area contributed by atoms with Crippen LogP contribution >= 0.6 is 12.4 Å². The van der Waals surface area contributed by atoms with Gasteiger partial charge in [-0.1, -0.05) is 19.1 Å². The Hall–Kier alpha value is -0.680. The Morgan fingerprint density at radius 3 is 2.72 bits per heavy atom. The number of hydrogen-bond acceptors (Lipinski definition) is 3. The van der Waals surface area contributed by atoms with Gasteiger partial charge in [-0.15, -0.1) is 12.4 Å². The minimum Gasteiger partial charge on any atom is -0.379 e. The molecule has 0 spiro atoms. The number of ether oxygens (including phenoxy) is 1. The van der Waals surface area contributed by atoms with Gasteiger partial charge in [0.2, 0.25) is 0 Å². The first kappa shape index (κ1) is 17.3. The number of halogens is 2. The van der Waals surface area contributed by atoms with Crippen LogP contribution in [-0.2, 0) is 11.3 Å². The van der Waals surface area contributed by atoms with E-state index in [1.807, 2.05) is 6.07 Å². The Morgan fingerprint density at radius 2 is 2.11 bits per heavy atom. The van der Waals surface area contributed by atoms with Gasteiger partial charge in [-0.05, 0) is 24.2 Å². The zero-order valence-corrected chi connectivity index (χ0v) is 11.6. The Bertz CT molecular complexity index is 326. The summed E-state index contributed by atoms with van der Waals surface area (Å²) in [5.41, 5.74) is 6.33. The lowest BCUT2D eigenvalue weighted by molar-refractivity contribution is 0.108. The standard InChI is InChI=1S/C13H21FN2O.ClH/c1-2-16(7-9-17-8-6-15)11-12-4-3-5-13(14)10-12;/h3-5,10H,2,6-9,11,15H2,1H3;1H. The predicted molar refractivity (Wildman–Crippen MR) is 74.5 cm³/mol. The molecule has 2 N–H and O–H groups in total. The van der Waals surface area contributed by atoms with Gasteiger partial charge in [0.1, 0.15) is 5.82 Å². The van der Waals surface area contributed by atoms with Gasteiger partial charge in [-0.25, -0.2) is 4.39 Å². The molecule has 0 unspecified atom stereocenters. The van der Waals surface area contributed by atoms with E-state index in [0.29, 0.717) is 19.8 Å². The van der Waals surface area contributed by atoms with Crippen molar-refractivity contribution in [2.24, 2.45) is 5.73 Å². The first-order chi connectivity index (χ1) is 8.26. The van der Waals surface area contributed by atoms with E-state index in [0.717, 1.165) is 25.2 Å². The van der Waals surface area contributed by atoms with Crippen LogP contribution in [0.25, 0.3) is 0 Å². The molecule has 104 valence electrons. The summed E-state index contributed by atoms with van der Waals surface area (Å²) in [6, 6.07) is 6.71. The molecule has 0 radical (unpaired) electrons. The SMILES string of the molecule is CCN(CCOCCN)Cc1cccc(F)c1.Cl. The second kappa shape index (κ2) is 10.3. The fourth-order valence-corrected chi connectivity index (χ4v) is 1.62.